The summed E-state index contributed by atoms with van der Waals surface area (Å²) in [5.74, 6) is -1.34. The van der Waals surface area contributed by atoms with Gasteiger partial charge in [-0.15, -0.1) is 0 Å². The Hall–Kier alpha value is -1.47. The highest BCUT2D eigenvalue weighted by molar-refractivity contribution is 5.89. The average molecular weight is 294 g/mol. The van der Waals surface area contributed by atoms with Crippen LogP contribution in [0.25, 0.3) is 0 Å². The summed E-state index contributed by atoms with van der Waals surface area (Å²) in [5, 5.41) is 9.91. The lowest BCUT2D eigenvalue weighted by Crippen LogP contribution is -2.52. The Morgan fingerprint density at radius 1 is 1.24 bits per heavy atom. The van der Waals surface area contributed by atoms with Crippen LogP contribution in [0.3, 0.4) is 0 Å². The number of ether oxygens (including phenoxy) is 4. The van der Waals surface area contributed by atoms with Crippen molar-refractivity contribution in [3.63, 3.8) is 0 Å². The van der Waals surface area contributed by atoms with E-state index in [9.17, 15) is 9.90 Å². The average Bonchev–Trinajstić information content (AvgIpc) is 2.79. The van der Waals surface area contributed by atoms with Crippen molar-refractivity contribution in [2.75, 3.05) is 6.61 Å². The number of benzene rings is 1. The van der Waals surface area contributed by atoms with E-state index in [4.69, 9.17) is 18.9 Å². The molecule has 6 nitrogen and oxygen atoms in total. The second-order valence-electron chi connectivity index (χ2n) is 5.61. The predicted octanol–water partition coefficient (Wildman–Crippen LogP) is 1.08. The number of carbonyl (C=O) groups is 1. The molecule has 2 fully saturated rings. The van der Waals surface area contributed by atoms with Crippen LogP contribution >= 0.6 is 0 Å². The Bertz CT molecular complexity index is 514. The first-order valence-electron chi connectivity index (χ1n) is 6.88. The third-order valence-corrected chi connectivity index (χ3v) is 3.48. The number of carbonyl (C=O) groups excluding carboxylic acids is 1. The minimum Gasteiger partial charge on any atom is -0.429 e. The fraction of sp³-hybridized carbons (Fsp3) is 0.533. The first-order chi connectivity index (χ1) is 9.96. The van der Waals surface area contributed by atoms with Gasteiger partial charge in [0.25, 0.3) is 0 Å². The summed E-state index contributed by atoms with van der Waals surface area (Å²) < 4.78 is 22.1. The monoisotopic (exact) mass is 294 g/mol. The van der Waals surface area contributed by atoms with Crippen LogP contribution in [-0.2, 0) is 18.9 Å². The zero-order valence-electron chi connectivity index (χ0n) is 11.9. The van der Waals surface area contributed by atoms with Gasteiger partial charge < -0.3 is 24.1 Å². The topological polar surface area (TPSA) is 74.2 Å². The maximum absolute atomic E-state index is 12.1. The molecule has 0 aliphatic carbocycles. The quantitative estimate of drug-likeness (QED) is 0.823. The molecule has 1 aromatic rings. The van der Waals surface area contributed by atoms with Crippen molar-refractivity contribution in [2.24, 2.45) is 0 Å². The Kier molecular flexibility index (Phi) is 3.71. The lowest BCUT2D eigenvalue weighted by atomic mass is 10.1. The van der Waals surface area contributed by atoms with E-state index < -0.39 is 36.4 Å². The number of aliphatic hydroxyl groups excluding tert-OH is 1. The molecule has 0 spiro atoms. The van der Waals surface area contributed by atoms with E-state index in [0.29, 0.717) is 5.56 Å². The van der Waals surface area contributed by atoms with Gasteiger partial charge in [-0.2, -0.15) is 0 Å². The Morgan fingerprint density at radius 3 is 2.62 bits per heavy atom. The number of aliphatic hydroxyl groups is 1. The molecule has 0 radical (unpaired) electrons. The number of hydrogen-bond donors (Lipinski definition) is 1. The fourth-order valence-corrected chi connectivity index (χ4v) is 2.56. The summed E-state index contributed by atoms with van der Waals surface area (Å²) >= 11 is 0. The van der Waals surface area contributed by atoms with Gasteiger partial charge in [0.2, 0.25) is 6.29 Å². The van der Waals surface area contributed by atoms with Crippen LogP contribution in [0.4, 0.5) is 0 Å². The van der Waals surface area contributed by atoms with Gasteiger partial charge in [0.05, 0.1) is 12.2 Å². The summed E-state index contributed by atoms with van der Waals surface area (Å²) in [6.45, 7) is 3.52. The molecule has 0 saturated carbocycles. The second-order valence-corrected chi connectivity index (χ2v) is 5.61. The van der Waals surface area contributed by atoms with Crippen LogP contribution < -0.4 is 0 Å². The van der Waals surface area contributed by atoms with Gasteiger partial charge in [-0.25, -0.2) is 4.79 Å². The molecule has 114 valence electrons. The summed E-state index contributed by atoms with van der Waals surface area (Å²) in [5.41, 5.74) is 0.432. The molecule has 0 amide bonds. The number of hydrogen-bond acceptors (Lipinski definition) is 6. The van der Waals surface area contributed by atoms with Crippen molar-refractivity contribution in [2.45, 2.75) is 44.2 Å². The summed E-state index contributed by atoms with van der Waals surface area (Å²) in [6, 6.07) is 8.64. The van der Waals surface area contributed by atoms with Crippen LogP contribution in [0.1, 0.15) is 24.2 Å². The molecule has 0 bridgehead atoms. The Balaban J connectivity index is 1.72. The predicted molar refractivity (Wildman–Crippen MR) is 71.4 cm³/mol. The smallest absolute Gasteiger partial charge is 0.340 e. The van der Waals surface area contributed by atoms with E-state index in [-0.39, 0.29) is 6.61 Å². The van der Waals surface area contributed by atoms with Crippen molar-refractivity contribution in [1.29, 1.82) is 0 Å². The van der Waals surface area contributed by atoms with E-state index in [1.165, 1.54) is 0 Å². The van der Waals surface area contributed by atoms with Crippen molar-refractivity contribution in [3.8, 4) is 0 Å². The zero-order chi connectivity index (χ0) is 15.0. The molecule has 1 N–H and O–H groups in total. The summed E-state index contributed by atoms with van der Waals surface area (Å²) in [6.07, 6.45) is -2.91. The van der Waals surface area contributed by atoms with Crippen molar-refractivity contribution in [1.82, 2.24) is 0 Å². The van der Waals surface area contributed by atoms with Gasteiger partial charge in [0.15, 0.2) is 11.9 Å². The Morgan fingerprint density at radius 2 is 1.90 bits per heavy atom. The summed E-state index contributed by atoms with van der Waals surface area (Å²) in [4.78, 5) is 12.1. The van der Waals surface area contributed by atoms with Crippen molar-refractivity contribution < 1.29 is 28.8 Å². The van der Waals surface area contributed by atoms with Crippen LogP contribution in [0.15, 0.2) is 30.3 Å². The normalized spacial score (nSPS) is 34.2. The van der Waals surface area contributed by atoms with E-state index in [2.05, 4.69) is 0 Å². The van der Waals surface area contributed by atoms with Gasteiger partial charge in [-0.05, 0) is 26.0 Å². The van der Waals surface area contributed by atoms with Crippen molar-refractivity contribution >= 4 is 5.97 Å². The van der Waals surface area contributed by atoms with E-state index in [1.807, 2.05) is 6.07 Å². The first kappa shape index (κ1) is 14.5. The van der Waals surface area contributed by atoms with Crippen molar-refractivity contribution in [3.05, 3.63) is 35.9 Å². The molecule has 0 aromatic heterocycles. The lowest BCUT2D eigenvalue weighted by Gasteiger charge is -2.33. The molecule has 3 rings (SSSR count). The molecular formula is C15H18O6. The molecule has 4 atom stereocenters. The summed E-state index contributed by atoms with van der Waals surface area (Å²) in [7, 11) is 0. The minimum atomic E-state index is -0.895. The standard InChI is InChI=1S/C15H18O6/c1-15(2)20-11-10(16)8-18-14(12(11)21-15)19-13(17)9-6-4-3-5-7-9/h3-7,10-12,14,16H,8H2,1-2H3/t10-,11+,12-,14?/m1/s1. The molecule has 2 aliphatic rings. The first-order valence-corrected chi connectivity index (χ1v) is 6.88. The minimum absolute atomic E-state index is 0.0351. The maximum Gasteiger partial charge on any atom is 0.340 e. The van der Waals surface area contributed by atoms with Crippen LogP contribution in [0, 0.1) is 0 Å². The second kappa shape index (κ2) is 5.38. The highest BCUT2D eigenvalue weighted by Gasteiger charge is 2.53. The highest BCUT2D eigenvalue weighted by atomic mass is 16.8. The van der Waals surface area contributed by atoms with Gasteiger partial charge >= 0.3 is 5.97 Å². The highest BCUT2D eigenvalue weighted by Crippen LogP contribution is 2.35. The number of rotatable bonds is 2. The molecule has 2 aliphatic heterocycles. The van der Waals surface area contributed by atoms with Crippen LogP contribution in [-0.4, -0.2) is 48.1 Å². The SMILES string of the molecule is CC1(C)O[C@H]2[C@H](O)COC(OC(=O)c3ccccc3)[C@@H]2O1. The molecular weight excluding hydrogens is 276 g/mol. The lowest BCUT2D eigenvalue weighted by molar-refractivity contribution is -0.225. The largest absolute Gasteiger partial charge is 0.429 e. The maximum atomic E-state index is 12.1. The Labute approximate surface area is 122 Å². The van der Waals surface area contributed by atoms with Gasteiger partial charge in [0, 0.05) is 0 Å². The van der Waals surface area contributed by atoms with Crippen LogP contribution in [0.5, 0.6) is 0 Å². The molecule has 2 saturated heterocycles. The fourth-order valence-electron chi connectivity index (χ4n) is 2.56. The number of esters is 1. The number of fused-ring (bicyclic) bond motifs is 1. The van der Waals surface area contributed by atoms with E-state index >= 15 is 0 Å². The van der Waals surface area contributed by atoms with E-state index in [0.717, 1.165) is 0 Å². The third-order valence-electron chi connectivity index (χ3n) is 3.48. The van der Waals surface area contributed by atoms with Gasteiger partial charge in [0.1, 0.15) is 12.2 Å². The van der Waals surface area contributed by atoms with Gasteiger partial charge in [-0.1, -0.05) is 18.2 Å². The molecule has 2 heterocycles. The van der Waals surface area contributed by atoms with E-state index in [1.54, 1.807) is 38.1 Å². The van der Waals surface area contributed by atoms with Gasteiger partial charge in [-0.3, -0.25) is 0 Å². The molecule has 6 heteroatoms. The third kappa shape index (κ3) is 2.94. The zero-order valence-corrected chi connectivity index (χ0v) is 11.9. The molecule has 21 heavy (non-hydrogen) atoms. The van der Waals surface area contributed by atoms with Crippen LogP contribution in [0.2, 0.25) is 0 Å². The molecule has 1 aromatic carbocycles. The molecule has 1 unspecified atom stereocenters.